The molecule has 24 heavy (non-hydrogen) atoms. The summed E-state index contributed by atoms with van der Waals surface area (Å²) >= 11 is 0. The molecule has 0 heterocycles. The van der Waals surface area contributed by atoms with Crippen molar-refractivity contribution in [3.8, 4) is 0 Å². The molecule has 2 heteroatoms. The van der Waals surface area contributed by atoms with E-state index in [0.29, 0.717) is 6.04 Å². The maximum atomic E-state index is 11.5. The van der Waals surface area contributed by atoms with Gasteiger partial charge in [-0.15, -0.1) is 0 Å². The van der Waals surface area contributed by atoms with Crippen molar-refractivity contribution < 1.29 is 4.79 Å². The number of carbonyl (C=O) groups is 1. The van der Waals surface area contributed by atoms with E-state index in [1.54, 1.807) is 0 Å². The first kappa shape index (κ1) is 23.5. The first-order chi connectivity index (χ1) is 11.8. The summed E-state index contributed by atoms with van der Waals surface area (Å²) in [5, 5.41) is 0. The van der Waals surface area contributed by atoms with Crippen molar-refractivity contribution in [2.45, 2.75) is 130 Å². The van der Waals surface area contributed by atoms with Gasteiger partial charge in [-0.05, 0) is 19.3 Å². The lowest BCUT2D eigenvalue weighted by Crippen LogP contribution is -2.35. The molecule has 0 spiro atoms. The molecule has 0 saturated carbocycles. The first-order valence-electron chi connectivity index (χ1n) is 11.0. The highest BCUT2D eigenvalue weighted by Crippen LogP contribution is 2.18. The van der Waals surface area contributed by atoms with Crippen LogP contribution < -0.4 is 0 Å². The maximum absolute atomic E-state index is 11.5. The van der Waals surface area contributed by atoms with Crippen molar-refractivity contribution in [2.24, 2.45) is 0 Å². The predicted molar refractivity (Wildman–Crippen MR) is 107 cm³/mol. The van der Waals surface area contributed by atoms with Crippen LogP contribution in [0.1, 0.15) is 124 Å². The number of nitrogens with zero attached hydrogens (tertiary/aromatic N) is 1. The zero-order chi connectivity index (χ0) is 17.9. The minimum Gasteiger partial charge on any atom is -0.342 e. The van der Waals surface area contributed by atoms with Gasteiger partial charge < -0.3 is 4.90 Å². The number of hydrogen-bond donors (Lipinski definition) is 0. The topological polar surface area (TPSA) is 20.3 Å². The van der Waals surface area contributed by atoms with Crippen LogP contribution in [-0.4, -0.2) is 23.9 Å². The Labute approximate surface area is 152 Å². The Morgan fingerprint density at radius 1 is 0.625 bits per heavy atom. The molecular weight excluding hydrogens is 294 g/mol. The number of unbranched alkanes of at least 4 members (excludes halogenated alkanes) is 11. The largest absolute Gasteiger partial charge is 0.342 e. The molecule has 0 aromatic rings. The Bertz CT molecular complexity index is 238. The van der Waals surface area contributed by atoms with E-state index in [4.69, 9.17) is 0 Å². The fraction of sp³-hybridized carbons (Fsp3) is 0.955. The monoisotopic (exact) mass is 339 g/mol. The molecule has 0 radical (unpaired) electrons. The third-order valence-electron chi connectivity index (χ3n) is 5.16. The van der Waals surface area contributed by atoms with E-state index in [1.807, 2.05) is 0 Å². The van der Waals surface area contributed by atoms with Gasteiger partial charge in [0.1, 0.15) is 0 Å². The van der Waals surface area contributed by atoms with Crippen LogP contribution in [-0.2, 0) is 4.79 Å². The average molecular weight is 340 g/mol. The summed E-state index contributed by atoms with van der Waals surface area (Å²) in [5.41, 5.74) is 0. The van der Waals surface area contributed by atoms with E-state index < -0.39 is 0 Å². The molecule has 0 aliphatic rings. The van der Waals surface area contributed by atoms with Crippen LogP contribution in [0.4, 0.5) is 0 Å². The van der Waals surface area contributed by atoms with E-state index in [2.05, 4.69) is 25.7 Å². The Balaban J connectivity index is 4.09. The molecule has 0 N–H and O–H groups in total. The second-order valence-electron chi connectivity index (χ2n) is 7.46. The molecule has 2 nitrogen and oxygen atoms in total. The standard InChI is InChI=1S/C22H45NO/c1-4-7-10-12-14-16-18-22(23(21-24)20-9-6-3)19-17-15-13-11-8-5-2/h21-22H,4-20H2,1-3H3. The van der Waals surface area contributed by atoms with E-state index >= 15 is 0 Å². The normalized spacial score (nSPS) is 11.2. The van der Waals surface area contributed by atoms with Gasteiger partial charge >= 0.3 is 0 Å². The zero-order valence-electron chi connectivity index (χ0n) is 17.0. The lowest BCUT2D eigenvalue weighted by molar-refractivity contribution is -0.120. The summed E-state index contributed by atoms with van der Waals surface area (Å²) in [5.74, 6) is 0. The smallest absolute Gasteiger partial charge is 0.209 e. The summed E-state index contributed by atoms with van der Waals surface area (Å²) in [7, 11) is 0. The molecule has 0 bridgehead atoms. The molecule has 0 aromatic heterocycles. The van der Waals surface area contributed by atoms with Crippen molar-refractivity contribution in [1.29, 1.82) is 0 Å². The van der Waals surface area contributed by atoms with Crippen LogP contribution in [0, 0.1) is 0 Å². The van der Waals surface area contributed by atoms with Gasteiger partial charge in [-0.25, -0.2) is 0 Å². The minimum atomic E-state index is 0.492. The van der Waals surface area contributed by atoms with Crippen LogP contribution in [0.25, 0.3) is 0 Å². The highest BCUT2D eigenvalue weighted by atomic mass is 16.1. The molecule has 0 aromatic carbocycles. The van der Waals surface area contributed by atoms with Crippen LogP contribution in [0.3, 0.4) is 0 Å². The Kier molecular flexibility index (Phi) is 18.4. The fourth-order valence-corrected chi connectivity index (χ4v) is 3.46. The van der Waals surface area contributed by atoms with Gasteiger partial charge in [-0.1, -0.05) is 104 Å². The van der Waals surface area contributed by atoms with Gasteiger partial charge in [0.2, 0.25) is 6.41 Å². The van der Waals surface area contributed by atoms with E-state index in [0.717, 1.165) is 19.4 Å². The van der Waals surface area contributed by atoms with Crippen molar-refractivity contribution in [2.75, 3.05) is 6.54 Å². The van der Waals surface area contributed by atoms with E-state index in [9.17, 15) is 4.79 Å². The van der Waals surface area contributed by atoms with Gasteiger partial charge in [0, 0.05) is 12.6 Å². The van der Waals surface area contributed by atoms with Gasteiger partial charge in [-0.2, -0.15) is 0 Å². The molecular formula is C22H45NO. The van der Waals surface area contributed by atoms with Crippen LogP contribution >= 0.6 is 0 Å². The third kappa shape index (κ3) is 13.9. The number of hydrogen-bond acceptors (Lipinski definition) is 1. The minimum absolute atomic E-state index is 0.492. The number of amides is 1. The number of carbonyl (C=O) groups excluding carboxylic acids is 1. The van der Waals surface area contributed by atoms with Gasteiger partial charge in [-0.3, -0.25) is 4.79 Å². The van der Waals surface area contributed by atoms with Crippen molar-refractivity contribution >= 4 is 6.41 Å². The predicted octanol–water partition coefficient (Wildman–Crippen LogP) is 7.11. The van der Waals surface area contributed by atoms with E-state index in [-0.39, 0.29) is 0 Å². The molecule has 0 fully saturated rings. The molecule has 0 aliphatic heterocycles. The summed E-state index contributed by atoms with van der Waals surface area (Å²) in [6, 6.07) is 0.492. The number of rotatable bonds is 19. The summed E-state index contributed by atoms with van der Waals surface area (Å²) in [6.07, 6.45) is 22.0. The molecule has 0 rings (SSSR count). The SMILES string of the molecule is CCCCCCCCC(CCCCCCCC)N(C=O)CCCC. The van der Waals surface area contributed by atoms with Crippen LogP contribution in [0.15, 0.2) is 0 Å². The molecule has 0 unspecified atom stereocenters. The Morgan fingerprint density at radius 3 is 1.46 bits per heavy atom. The lowest BCUT2D eigenvalue weighted by atomic mass is 9.99. The fourth-order valence-electron chi connectivity index (χ4n) is 3.46. The van der Waals surface area contributed by atoms with Crippen molar-refractivity contribution in [3.63, 3.8) is 0 Å². The zero-order valence-corrected chi connectivity index (χ0v) is 17.0. The second-order valence-corrected chi connectivity index (χ2v) is 7.46. The Morgan fingerprint density at radius 2 is 1.04 bits per heavy atom. The Hall–Kier alpha value is -0.530. The lowest BCUT2D eigenvalue weighted by Gasteiger charge is -2.28. The van der Waals surface area contributed by atoms with Crippen LogP contribution in [0.5, 0.6) is 0 Å². The summed E-state index contributed by atoms with van der Waals surface area (Å²) < 4.78 is 0. The average Bonchev–Trinajstić information content (AvgIpc) is 2.60. The second kappa shape index (κ2) is 18.8. The molecule has 1 amide bonds. The highest BCUT2D eigenvalue weighted by Gasteiger charge is 2.15. The van der Waals surface area contributed by atoms with Crippen molar-refractivity contribution in [3.05, 3.63) is 0 Å². The van der Waals surface area contributed by atoms with Gasteiger partial charge in [0.25, 0.3) is 0 Å². The molecule has 0 saturated heterocycles. The summed E-state index contributed by atoms with van der Waals surface area (Å²) in [6.45, 7) is 7.70. The van der Waals surface area contributed by atoms with Crippen molar-refractivity contribution in [1.82, 2.24) is 4.90 Å². The molecule has 0 aliphatic carbocycles. The van der Waals surface area contributed by atoms with E-state index in [1.165, 1.54) is 96.3 Å². The van der Waals surface area contributed by atoms with Gasteiger partial charge in [0.05, 0.1) is 0 Å². The quantitative estimate of drug-likeness (QED) is 0.181. The summed E-state index contributed by atoms with van der Waals surface area (Å²) in [4.78, 5) is 13.6. The first-order valence-corrected chi connectivity index (χ1v) is 11.0. The molecule has 0 atom stereocenters. The van der Waals surface area contributed by atoms with Gasteiger partial charge in [0.15, 0.2) is 0 Å². The van der Waals surface area contributed by atoms with Crippen LogP contribution in [0.2, 0.25) is 0 Å². The third-order valence-corrected chi connectivity index (χ3v) is 5.16. The molecule has 144 valence electrons. The highest BCUT2D eigenvalue weighted by molar-refractivity contribution is 5.47. The maximum Gasteiger partial charge on any atom is 0.209 e.